The zero-order chi connectivity index (χ0) is 17.7. The molecule has 1 aliphatic rings. The van der Waals surface area contributed by atoms with E-state index in [0.717, 1.165) is 12.8 Å². The molecule has 1 heterocycles. The summed E-state index contributed by atoms with van der Waals surface area (Å²) in [7, 11) is 0. The van der Waals surface area contributed by atoms with Gasteiger partial charge in [0, 0.05) is 18.3 Å². The molecule has 1 fully saturated rings. The SMILES string of the molecule is C=C(C)CCC(=C)N1CCCC1CCc1ccccc1C(C)(C)C. The van der Waals surface area contributed by atoms with Gasteiger partial charge in [0.05, 0.1) is 0 Å². The molecular weight excluding hydrogens is 290 g/mol. The first-order valence-corrected chi connectivity index (χ1v) is 9.46. The Hall–Kier alpha value is -1.50. The second kappa shape index (κ2) is 8.05. The summed E-state index contributed by atoms with van der Waals surface area (Å²) in [6, 6.07) is 9.63. The Bertz CT molecular complexity index is 576. The molecule has 1 saturated heterocycles. The van der Waals surface area contributed by atoms with Crippen molar-refractivity contribution >= 4 is 0 Å². The highest BCUT2D eigenvalue weighted by atomic mass is 15.2. The van der Waals surface area contributed by atoms with E-state index in [1.165, 1.54) is 54.6 Å². The van der Waals surface area contributed by atoms with E-state index < -0.39 is 0 Å². The molecule has 0 saturated carbocycles. The van der Waals surface area contributed by atoms with Crippen LogP contribution in [-0.4, -0.2) is 17.5 Å². The van der Waals surface area contributed by atoms with Gasteiger partial charge in [0.15, 0.2) is 0 Å². The van der Waals surface area contributed by atoms with E-state index in [1.807, 2.05) is 0 Å². The minimum Gasteiger partial charge on any atom is -0.372 e. The number of likely N-dealkylation sites (tertiary alicyclic amines) is 1. The third kappa shape index (κ3) is 5.00. The van der Waals surface area contributed by atoms with Crippen molar-refractivity contribution < 1.29 is 0 Å². The maximum Gasteiger partial charge on any atom is 0.0290 e. The highest BCUT2D eigenvalue weighted by Gasteiger charge is 2.26. The molecule has 0 bridgehead atoms. The lowest BCUT2D eigenvalue weighted by Gasteiger charge is -2.30. The van der Waals surface area contributed by atoms with Crippen molar-refractivity contribution in [2.75, 3.05) is 6.54 Å². The monoisotopic (exact) mass is 325 g/mol. The Labute approximate surface area is 149 Å². The van der Waals surface area contributed by atoms with Crippen LogP contribution in [0.5, 0.6) is 0 Å². The van der Waals surface area contributed by atoms with Crippen LogP contribution >= 0.6 is 0 Å². The topological polar surface area (TPSA) is 3.24 Å². The summed E-state index contributed by atoms with van der Waals surface area (Å²) >= 11 is 0. The van der Waals surface area contributed by atoms with Gasteiger partial charge in [-0.15, -0.1) is 6.58 Å². The van der Waals surface area contributed by atoms with Crippen molar-refractivity contribution in [1.29, 1.82) is 0 Å². The molecule has 1 heteroatoms. The predicted octanol–water partition coefficient (Wildman–Crippen LogP) is 6.25. The summed E-state index contributed by atoms with van der Waals surface area (Å²) < 4.78 is 0. The standard InChI is InChI=1S/C23H35N/c1-18(2)13-14-19(3)24-17-9-11-21(24)16-15-20-10-7-8-12-22(20)23(4,5)6/h7-8,10,12,21H,1,3,9,11,13-17H2,2,4-6H3. The van der Waals surface area contributed by atoms with Crippen LogP contribution in [-0.2, 0) is 11.8 Å². The zero-order valence-electron chi connectivity index (χ0n) is 16.2. The quantitative estimate of drug-likeness (QED) is 0.535. The average Bonchev–Trinajstić information content (AvgIpc) is 2.98. The molecule has 0 radical (unpaired) electrons. The molecule has 1 aromatic rings. The van der Waals surface area contributed by atoms with Crippen molar-refractivity contribution in [1.82, 2.24) is 4.90 Å². The molecule has 0 spiro atoms. The number of rotatable bonds is 7. The number of allylic oxidation sites excluding steroid dienone is 2. The third-order valence-electron chi connectivity index (χ3n) is 5.20. The Kier molecular flexibility index (Phi) is 6.32. The van der Waals surface area contributed by atoms with E-state index in [-0.39, 0.29) is 5.41 Å². The van der Waals surface area contributed by atoms with Crippen LogP contribution < -0.4 is 0 Å². The van der Waals surface area contributed by atoms with E-state index in [9.17, 15) is 0 Å². The summed E-state index contributed by atoms with van der Waals surface area (Å²) in [5, 5.41) is 0. The van der Waals surface area contributed by atoms with Gasteiger partial charge in [0.2, 0.25) is 0 Å². The van der Waals surface area contributed by atoms with Crippen LogP contribution in [0.2, 0.25) is 0 Å². The first-order valence-electron chi connectivity index (χ1n) is 9.46. The number of hydrogen-bond donors (Lipinski definition) is 0. The summed E-state index contributed by atoms with van der Waals surface area (Å²) in [5.74, 6) is 0. The first-order chi connectivity index (χ1) is 11.3. The Morgan fingerprint density at radius 3 is 2.54 bits per heavy atom. The lowest BCUT2D eigenvalue weighted by atomic mass is 9.82. The van der Waals surface area contributed by atoms with Crippen molar-refractivity contribution in [3.05, 3.63) is 59.8 Å². The van der Waals surface area contributed by atoms with Crippen molar-refractivity contribution in [3.63, 3.8) is 0 Å². The highest BCUT2D eigenvalue weighted by molar-refractivity contribution is 5.33. The number of aryl methyl sites for hydroxylation is 1. The van der Waals surface area contributed by atoms with E-state index >= 15 is 0 Å². The minimum atomic E-state index is 0.219. The Morgan fingerprint density at radius 1 is 1.17 bits per heavy atom. The van der Waals surface area contributed by atoms with Crippen molar-refractivity contribution in [3.8, 4) is 0 Å². The van der Waals surface area contributed by atoms with Gasteiger partial charge in [-0.2, -0.15) is 0 Å². The van der Waals surface area contributed by atoms with Crippen LogP contribution in [0.4, 0.5) is 0 Å². The summed E-state index contributed by atoms with van der Waals surface area (Å²) in [6.45, 7) is 18.6. The minimum absolute atomic E-state index is 0.219. The molecule has 1 unspecified atom stereocenters. The molecule has 0 aromatic heterocycles. The number of nitrogens with zero attached hydrogens (tertiary/aromatic N) is 1. The summed E-state index contributed by atoms with van der Waals surface area (Å²) in [4.78, 5) is 2.57. The summed E-state index contributed by atoms with van der Waals surface area (Å²) in [5.41, 5.74) is 5.80. The molecule has 0 aliphatic carbocycles. The van der Waals surface area contributed by atoms with Gasteiger partial charge in [-0.05, 0) is 62.0 Å². The fraction of sp³-hybridized carbons (Fsp3) is 0.565. The smallest absolute Gasteiger partial charge is 0.0290 e. The van der Waals surface area contributed by atoms with E-state index in [1.54, 1.807) is 0 Å². The van der Waals surface area contributed by atoms with Gasteiger partial charge in [0.1, 0.15) is 0 Å². The lowest BCUT2D eigenvalue weighted by molar-refractivity contribution is 0.296. The van der Waals surface area contributed by atoms with Crippen LogP contribution in [0.25, 0.3) is 0 Å². The van der Waals surface area contributed by atoms with Crippen LogP contribution in [0.1, 0.15) is 70.9 Å². The molecular formula is C23H35N. The fourth-order valence-electron chi connectivity index (χ4n) is 3.85. The van der Waals surface area contributed by atoms with Crippen molar-refractivity contribution in [2.24, 2.45) is 0 Å². The number of hydrogen-bond acceptors (Lipinski definition) is 1. The second-order valence-electron chi connectivity index (χ2n) is 8.46. The highest BCUT2D eigenvalue weighted by Crippen LogP contribution is 2.30. The molecule has 1 nitrogen and oxygen atoms in total. The van der Waals surface area contributed by atoms with Gasteiger partial charge in [-0.25, -0.2) is 0 Å². The van der Waals surface area contributed by atoms with Crippen LogP contribution in [0.3, 0.4) is 0 Å². The Balaban J connectivity index is 1.99. The zero-order valence-corrected chi connectivity index (χ0v) is 16.2. The van der Waals surface area contributed by atoms with Crippen LogP contribution in [0.15, 0.2) is 48.7 Å². The fourth-order valence-corrected chi connectivity index (χ4v) is 3.85. The molecule has 1 aliphatic heterocycles. The number of benzene rings is 1. The van der Waals surface area contributed by atoms with Crippen LogP contribution in [0, 0.1) is 0 Å². The molecule has 1 atom stereocenters. The van der Waals surface area contributed by atoms with Gasteiger partial charge in [-0.3, -0.25) is 0 Å². The lowest BCUT2D eigenvalue weighted by Crippen LogP contribution is -2.29. The van der Waals surface area contributed by atoms with Gasteiger partial charge in [-0.1, -0.05) is 57.2 Å². The third-order valence-corrected chi connectivity index (χ3v) is 5.20. The van der Waals surface area contributed by atoms with E-state index in [0.29, 0.717) is 6.04 Å². The average molecular weight is 326 g/mol. The molecule has 2 rings (SSSR count). The molecule has 132 valence electrons. The van der Waals surface area contributed by atoms with E-state index in [4.69, 9.17) is 0 Å². The molecule has 24 heavy (non-hydrogen) atoms. The maximum absolute atomic E-state index is 4.36. The predicted molar refractivity (Wildman–Crippen MR) is 106 cm³/mol. The second-order valence-corrected chi connectivity index (χ2v) is 8.46. The van der Waals surface area contributed by atoms with Gasteiger partial charge < -0.3 is 4.90 Å². The largest absolute Gasteiger partial charge is 0.372 e. The van der Waals surface area contributed by atoms with E-state index in [2.05, 4.69) is 70.0 Å². The molecule has 1 aromatic carbocycles. The first kappa shape index (κ1) is 18.8. The maximum atomic E-state index is 4.36. The van der Waals surface area contributed by atoms with Crippen molar-refractivity contribution in [2.45, 2.75) is 77.7 Å². The summed E-state index contributed by atoms with van der Waals surface area (Å²) in [6.07, 6.45) is 7.14. The van der Waals surface area contributed by atoms with Gasteiger partial charge in [0.25, 0.3) is 0 Å². The van der Waals surface area contributed by atoms with Gasteiger partial charge >= 0.3 is 0 Å². The normalized spacial score (nSPS) is 18.0. The Morgan fingerprint density at radius 2 is 1.88 bits per heavy atom. The molecule has 0 N–H and O–H groups in total. The molecule has 0 amide bonds.